The van der Waals surface area contributed by atoms with E-state index in [0.29, 0.717) is 23.5 Å². The van der Waals surface area contributed by atoms with Crippen molar-refractivity contribution in [3.05, 3.63) is 125 Å². The zero-order chi connectivity index (χ0) is 26.8. The topological polar surface area (TPSA) is 107 Å². The zero-order valence-corrected chi connectivity index (χ0v) is 20.5. The minimum Gasteiger partial charge on any atom is -0.508 e. The Labute approximate surface area is 219 Å². The molecule has 3 N–H and O–H groups in total. The molecule has 5 rings (SSSR count). The van der Waals surface area contributed by atoms with Crippen LogP contribution >= 0.6 is 0 Å². The summed E-state index contributed by atoms with van der Waals surface area (Å²) >= 11 is 0. The number of ether oxygens (including phenoxy) is 1. The van der Waals surface area contributed by atoms with E-state index in [-0.39, 0.29) is 28.5 Å². The number of aromatic hydroxyl groups is 2. The van der Waals surface area contributed by atoms with Crippen molar-refractivity contribution in [3.8, 4) is 17.2 Å². The molecule has 1 aliphatic heterocycles. The number of amides is 1. The van der Waals surface area contributed by atoms with Gasteiger partial charge in [-0.25, -0.2) is 0 Å². The molecular formula is C31H25NO6. The number of nitrogens with zero attached hydrogens (tertiary/aromatic N) is 1. The quantitative estimate of drug-likeness (QED) is 0.178. The molecule has 1 fully saturated rings. The molecule has 0 bridgehead atoms. The summed E-state index contributed by atoms with van der Waals surface area (Å²) in [6.45, 7) is 2.20. The number of carbonyl (C=O) groups is 2. The minimum atomic E-state index is -1.08. The Morgan fingerprint density at radius 1 is 0.868 bits per heavy atom. The normalized spacial score (nSPS) is 16.6. The second-order valence-corrected chi connectivity index (χ2v) is 9.01. The summed E-state index contributed by atoms with van der Waals surface area (Å²) in [6.07, 6.45) is 0. The van der Waals surface area contributed by atoms with Gasteiger partial charge >= 0.3 is 0 Å². The van der Waals surface area contributed by atoms with Gasteiger partial charge in [-0.05, 0) is 66.1 Å². The van der Waals surface area contributed by atoms with Gasteiger partial charge in [0.1, 0.15) is 29.6 Å². The SMILES string of the molecule is Cc1cc(/C(O)=C2/C(=O)C(=O)N(c3ccccc3O)C2c2cccc(O)c2)ccc1OCc1ccccc1. The van der Waals surface area contributed by atoms with Gasteiger partial charge < -0.3 is 20.1 Å². The van der Waals surface area contributed by atoms with Crippen molar-refractivity contribution in [2.24, 2.45) is 0 Å². The van der Waals surface area contributed by atoms with Gasteiger partial charge in [-0.1, -0.05) is 54.6 Å². The summed E-state index contributed by atoms with van der Waals surface area (Å²) < 4.78 is 5.93. The highest BCUT2D eigenvalue weighted by molar-refractivity contribution is 6.51. The van der Waals surface area contributed by atoms with E-state index in [1.54, 1.807) is 42.5 Å². The number of benzene rings is 4. The molecule has 7 nitrogen and oxygen atoms in total. The van der Waals surface area contributed by atoms with Crippen LogP contribution in [0.3, 0.4) is 0 Å². The first-order chi connectivity index (χ1) is 18.3. The van der Waals surface area contributed by atoms with E-state index in [1.165, 1.54) is 24.3 Å². The predicted octanol–water partition coefficient (Wildman–Crippen LogP) is 5.61. The van der Waals surface area contributed by atoms with Gasteiger partial charge in [0.2, 0.25) is 0 Å². The molecule has 1 saturated heterocycles. The Bertz CT molecular complexity index is 1560. The molecule has 4 aromatic rings. The zero-order valence-electron chi connectivity index (χ0n) is 20.5. The van der Waals surface area contributed by atoms with Crippen LogP contribution in [0, 0.1) is 6.92 Å². The number of aliphatic hydroxyl groups excluding tert-OH is 1. The van der Waals surface area contributed by atoms with Crippen LogP contribution in [0.4, 0.5) is 5.69 Å². The summed E-state index contributed by atoms with van der Waals surface area (Å²) in [5.74, 6) is -1.82. The molecule has 4 aromatic carbocycles. The smallest absolute Gasteiger partial charge is 0.300 e. The predicted molar refractivity (Wildman–Crippen MR) is 143 cm³/mol. The molecule has 190 valence electrons. The highest BCUT2D eigenvalue weighted by Crippen LogP contribution is 2.45. The van der Waals surface area contributed by atoms with E-state index in [4.69, 9.17) is 4.74 Å². The number of ketones is 1. The molecular weight excluding hydrogens is 482 g/mol. The fourth-order valence-electron chi connectivity index (χ4n) is 4.61. The molecule has 0 aliphatic carbocycles. The Morgan fingerprint density at radius 3 is 2.32 bits per heavy atom. The average molecular weight is 508 g/mol. The lowest BCUT2D eigenvalue weighted by Gasteiger charge is -2.26. The maximum atomic E-state index is 13.3. The summed E-state index contributed by atoms with van der Waals surface area (Å²) in [5, 5.41) is 32.0. The van der Waals surface area contributed by atoms with E-state index >= 15 is 0 Å². The second-order valence-electron chi connectivity index (χ2n) is 9.01. The van der Waals surface area contributed by atoms with Crippen LogP contribution in [0.1, 0.15) is 28.3 Å². The van der Waals surface area contributed by atoms with Crippen LogP contribution in [0.15, 0.2) is 103 Å². The third kappa shape index (κ3) is 4.57. The summed E-state index contributed by atoms with van der Waals surface area (Å²) in [5.41, 5.74) is 2.43. The van der Waals surface area contributed by atoms with Crippen LogP contribution in [0.2, 0.25) is 0 Å². The maximum absolute atomic E-state index is 13.3. The van der Waals surface area contributed by atoms with E-state index in [9.17, 15) is 24.9 Å². The fraction of sp³-hybridized carbons (Fsp3) is 0.0968. The van der Waals surface area contributed by atoms with Crippen LogP contribution in [-0.4, -0.2) is 27.0 Å². The van der Waals surface area contributed by atoms with Gasteiger partial charge in [-0.15, -0.1) is 0 Å². The van der Waals surface area contributed by atoms with E-state index < -0.39 is 17.7 Å². The number of Topliss-reactive ketones (excluding diaryl/α,β-unsaturated/α-hetero) is 1. The van der Waals surface area contributed by atoms with Gasteiger partial charge in [0.15, 0.2) is 0 Å². The number of hydrogen-bond acceptors (Lipinski definition) is 6. The van der Waals surface area contributed by atoms with E-state index in [0.717, 1.165) is 16.0 Å². The lowest BCUT2D eigenvalue weighted by Crippen LogP contribution is -2.29. The van der Waals surface area contributed by atoms with Crippen LogP contribution in [0.25, 0.3) is 5.76 Å². The molecule has 7 heteroatoms. The number of anilines is 1. The maximum Gasteiger partial charge on any atom is 0.300 e. The molecule has 38 heavy (non-hydrogen) atoms. The molecule has 1 aliphatic rings. The van der Waals surface area contributed by atoms with Crippen molar-refractivity contribution in [1.82, 2.24) is 0 Å². The highest BCUT2D eigenvalue weighted by Gasteiger charge is 2.47. The molecule has 1 unspecified atom stereocenters. The lowest BCUT2D eigenvalue weighted by molar-refractivity contribution is -0.132. The molecule has 1 amide bonds. The number of hydrogen-bond donors (Lipinski definition) is 3. The first-order valence-corrected chi connectivity index (χ1v) is 12.0. The van der Waals surface area contributed by atoms with E-state index in [2.05, 4.69) is 0 Å². The van der Waals surface area contributed by atoms with Crippen molar-refractivity contribution < 1.29 is 29.6 Å². The van der Waals surface area contributed by atoms with E-state index in [1.807, 2.05) is 37.3 Å². The number of aliphatic hydroxyl groups is 1. The van der Waals surface area contributed by atoms with Crippen molar-refractivity contribution in [2.75, 3.05) is 4.90 Å². The molecule has 0 spiro atoms. The average Bonchev–Trinajstić information content (AvgIpc) is 3.18. The molecule has 0 saturated carbocycles. The molecule has 0 radical (unpaired) electrons. The number of para-hydroxylation sites is 2. The Balaban J connectivity index is 1.57. The van der Waals surface area contributed by atoms with Crippen molar-refractivity contribution in [3.63, 3.8) is 0 Å². The third-order valence-corrected chi connectivity index (χ3v) is 6.46. The first kappa shape index (κ1) is 24.6. The second kappa shape index (κ2) is 10.1. The van der Waals surface area contributed by atoms with Gasteiger partial charge in [0, 0.05) is 5.56 Å². The van der Waals surface area contributed by atoms with Crippen molar-refractivity contribution in [2.45, 2.75) is 19.6 Å². The van der Waals surface area contributed by atoms with Gasteiger partial charge in [-0.2, -0.15) is 0 Å². The minimum absolute atomic E-state index is 0.0684. The van der Waals surface area contributed by atoms with Gasteiger partial charge in [0.25, 0.3) is 11.7 Å². The fourth-order valence-corrected chi connectivity index (χ4v) is 4.61. The lowest BCUT2D eigenvalue weighted by atomic mass is 9.94. The van der Waals surface area contributed by atoms with Crippen molar-refractivity contribution in [1.29, 1.82) is 0 Å². The Hall–Kier alpha value is -5.04. The molecule has 1 heterocycles. The number of rotatable bonds is 6. The third-order valence-electron chi connectivity index (χ3n) is 6.46. The number of carbonyl (C=O) groups excluding carboxylic acids is 2. The van der Waals surface area contributed by atoms with Crippen LogP contribution in [-0.2, 0) is 16.2 Å². The molecule has 1 atom stereocenters. The number of aryl methyl sites for hydroxylation is 1. The standard InChI is InChI=1S/C31H25NO6/c1-19-16-22(14-15-26(19)38-18-20-8-3-2-4-9-20)29(35)27-28(21-10-7-11-23(33)17-21)32(31(37)30(27)36)24-12-5-6-13-25(24)34/h2-17,28,33-35H,18H2,1H3/b29-27-. The molecule has 0 aromatic heterocycles. The summed E-state index contributed by atoms with van der Waals surface area (Å²) in [7, 11) is 0. The van der Waals surface area contributed by atoms with Gasteiger partial charge in [-0.3, -0.25) is 14.5 Å². The Kier molecular flexibility index (Phi) is 6.58. The van der Waals surface area contributed by atoms with Crippen LogP contribution in [0.5, 0.6) is 17.2 Å². The summed E-state index contributed by atoms with van der Waals surface area (Å²) in [4.78, 5) is 27.7. The number of phenolic OH excluding ortho intramolecular Hbond substituents is 2. The highest BCUT2D eigenvalue weighted by atomic mass is 16.5. The van der Waals surface area contributed by atoms with Crippen LogP contribution < -0.4 is 9.64 Å². The van der Waals surface area contributed by atoms with Crippen molar-refractivity contribution >= 4 is 23.1 Å². The largest absolute Gasteiger partial charge is 0.508 e. The van der Waals surface area contributed by atoms with Gasteiger partial charge in [0.05, 0.1) is 17.3 Å². The monoisotopic (exact) mass is 507 g/mol. The first-order valence-electron chi connectivity index (χ1n) is 12.0. The summed E-state index contributed by atoms with van der Waals surface area (Å²) in [6, 6.07) is 25.9. The number of phenols is 2. The Morgan fingerprint density at radius 2 is 1.61 bits per heavy atom.